The molecule has 182 valence electrons. The molecule has 2 aliphatic rings. The fourth-order valence-corrected chi connectivity index (χ4v) is 5.32. The number of ketones is 1. The minimum Gasteiger partial charge on any atom is -0.317 e. The number of carbonyl (C=O) groups excluding carboxylic acids is 2. The largest absolute Gasteiger partial charge is 0.317 e. The first-order valence-corrected chi connectivity index (χ1v) is 11.5. The molecule has 1 saturated heterocycles. The SMILES string of the molecule is O=C(c1ccccc1[N+](=O)[O-])c1cccc2c1C1(CCNCC1)CN2C(=O)c1ccc([N+](=O)[O-])cc1. The van der Waals surface area contributed by atoms with Gasteiger partial charge in [0.1, 0.15) is 5.56 Å². The highest BCUT2D eigenvalue weighted by atomic mass is 16.6. The molecule has 10 nitrogen and oxygen atoms in total. The molecule has 2 aliphatic heterocycles. The van der Waals surface area contributed by atoms with Crippen molar-refractivity contribution in [1.82, 2.24) is 5.32 Å². The Morgan fingerprint density at radius 1 is 0.833 bits per heavy atom. The number of para-hydroxylation sites is 1. The molecule has 0 saturated carbocycles. The van der Waals surface area contributed by atoms with Gasteiger partial charge in [0.15, 0.2) is 5.78 Å². The molecule has 0 atom stereocenters. The zero-order valence-electron chi connectivity index (χ0n) is 19.2. The number of hydrogen-bond acceptors (Lipinski definition) is 7. The van der Waals surface area contributed by atoms with Crippen LogP contribution in [0.4, 0.5) is 17.1 Å². The number of benzene rings is 3. The number of nitro benzene ring substituents is 2. The highest BCUT2D eigenvalue weighted by Gasteiger charge is 2.47. The van der Waals surface area contributed by atoms with Crippen molar-refractivity contribution < 1.29 is 19.4 Å². The number of amides is 1. The zero-order valence-corrected chi connectivity index (χ0v) is 19.2. The van der Waals surface area contributed by atoms with Crippen LogP contribution in [0.15, 0.2) is 66.7 Å². The van der Waals surface area contributed by atoms with Crippen molar-refractivity contribution in [2.75, 3.05) is 24.5 Å². The molecule has 0 bridgehead atoms. The molecule has 36 heavy (non-hydrogen) atoms. The van der Waals surface area contributed by atoms with E-state index in [-0.39, 0.29) is 22.8 Å². The predicted molar refractivity (Wildman–Crippen MR) is 132 cm³/mol. The molecule has 3 aromatic carbocycles. The molecule has 0 aromatic heterocycles. The van der Waals surface area contributed by atoms with Crippen LogP contribution in [0.5, 0.6) is 0 Å². The second-order valence-electron chi connectivity index (χ2n) is 9.03. The fraction of sp³-hybridized carbons (Fsp3) is 0.231. The van der Waals surface area contributed by atoms with Crippen LogP contribution in [0.3, 0.4) is 0 Å². The van der Waals surface area contributed by atoms with E-state index >= 15 is 0 Å². The highest BCUT2D eigenvalue weighted by molar-refractivity contribution is 6.15. The minimum absolute atomic E-state index is 0.000120. The third kappa shape index (κ3) is 3.81. The van der Waals surface area contributed by atoms with Gasteiger partial charge in [0.05, 0.1) is 9.85 Å². The Balaban J connectivity index is 1.62. The molecule has 10 heteroatoms. The molecule has 1 amide bonds. The van der Waals surface area contributed by atoms with Gasteiger partial charge in [-0.2, -0.15) is 0 Å². The summed E-state index contributed by atoms with van der Waals surface area (Å²) in [6.45, 7) is 1.75. The van der Waals surface area contributed by atoms with Gasteiger partial charge in [-0.1, -0.05) is 24.3 Å². The van der Waals surface area contributed by atoms with Crippen molar-refractivity contribution in [3.05, 3.63) is 109 Å². The fourth-order valence-electron chi connectivity index (χ4n) is 5.32. The van der Waals surface area contributed by atoms with Gasteiger partial charge in [-0.15, -0.1) is 0 Å². The van der Waals surface area contributed by atoms with Crippen LogP contribution in [-0.4, -0.2) is 41.2 Å². The summed E-state index contributed by atoms with van der Waals surface area (Å²) in [5.74, 6) is -0.779. The summed E-state index contributed by atoms with van der Waals surface area (Å²) in [5.41, 5.74) is 1.09. The van der Waals surface area contributed by atoms with Crippen molar-refractivity contribution in [3.63, 3.8) is 0 Å². The summed E-state index contributed by atoms with van der Waals surface area (Å²) in [5, 5.41) is 25.9. The summed E-state index contributed by atoms with van der Waals surface area (Å²) in [6.07, 6.45) is 1.37. The molecule has 0 radical (unpaired) electrons. The lowest BCUT2D eigenvalue weighted by Gasteiger charge is -2.35. The number of non-ortho nitro benzene ring substituents is 1. The molecule has 0 unspecified atom stereocenters. The number of nitrogens with one attached hydrogen (secondary N) is 1. The normalized spacial score (nSPS) is 15.9. The number of carbonyl (C=O) groups is 2. The van der Waals surface area contributed by atoms with Crippen LogP contribution < -0.4 is 10.2 Å². The molecule has 1 fully saturated rings. The standard InChI is InChI=1S/C26H22N4O6/c31-24(19-4-1-2-6-21(19)30(35)36)20-5-3-7-22-23(20)26(12-14-27-15-13-26)16-28(22)25(32)17-8-10-18(11-9-17)29(33)34/h1-11,27H,12-16H2. The van der Waals surface area contributed by atoms with Gasteiger partial charge >= 0.3 is 0 Å². The van der Waals surface area contributed by atoms with Gasteiger partial charge in [0, 0.05) is 47.0 Å². The minimum atomic E-state index is -0.568. The van der Waals surface area contributed by atoms with E-state index in [0.29, 0.717) is 49.3 Å². The monoisotopic (exact) mass is 486 g/mol. The van der Waals surface area contributed by atoms with Gasteiger partial charge in [-0.05, 0) is 55.8 Å². The molecular formula is C26H22N4O6. The van der Waals surface area contributed by atoms with E-state index in [1.54, 1.807) is 29.2 Å². The number of fused-ring (bicyclic) bond motifs is 2. The van der Waals surface area contributed by atoms with Crippen molar-refractivity contribution in [3.8, 4) is 0 Å². The number of nitro groups is 2. The van der Waals surface area contributed by atoms with Crippen molar-refractivity contribution >= 4 is 28.8 Å². The Morgan fingerprint density at radius 2 is 1.50 bits per heavy atom. The number of anilines is 1. The third-order valence-electron chi connectivity index (χ3n) is 7.05. The van der Waals surface area contributed by atoms with Gasteiger partial charge < -0.3 is 10.2 Å². The Labute approximate surface area is 205 Å². The first-order valence-electron chi connectivity index (χ1n) is 11.5. The zero-order chi connectivity index (χ0) is 25.4. The third-order valence-corrected chi connectivity index (χ3v) is 7.05. The molecule has 5 rings (SSSR count). The lowest BCUT2D eigenvalue weighted by Crippen LogP contribution is -2.44. The predicted octanol–water partition coefficient (Wildman–Crippen LogP) is 4.02. The van der Waals surface area contributed by atoms with Gasteiger partial charge in [0.25, 0.3) is 17.3 Å². The highest BCUT2D eigenvalue weighted by Crippen LogP contribution is 2.49. The van der Waals surface area contributed by atoms with Crippen LogP contribution in [0, 0.1) is 20.2 Å². The van der Waals surface area contributed by atoms with Crippen LogP contribution in [0.2, 0.25) is 0 Å². The van der Waals surface area contributed by atoms with Crippen LogP contribution in [-0.2, 0) is 5.41 Å². The first kappa shape index (κ1) is 23.3. The van der Waals surface area contributed by atoms with E-state index in [1.165, 1.54) is 42.5 Å². The smallest absolute Gasteiger partial charge is 0.280 e. The van der Waals surface area contributed by atoms with Gasteiger partial charge in [-0.3, -0.25) is 29.8 Å². The molecule has 1 spiro atoms. The lowest BCUT2D eigenvalue weighted by atomic mass is 9.72. The van der Waals surface area contributed by atoms with E-state index in [0.717, 1.165) is 5.56 Å². The Bertz CT molecular complexity index is 1400. The quantitative estimate of drug-likeness (QED) is 0.327. The number of piperidine rings is 1. The topological polar surface area (TPSA) is 136 Å². The summed E-state index contributed by atoms with van der Waals surface area (Å²) >= 11 is 0. The second kappa shape index (κ2) is 8.97. The average Bonchev–Trinajstić information content (AvgIpc) is 3.22. The van der Waals surface area contributed by atoms with E-state index in [9.17, 15) is 29.8 Å². The average molecular weight is 486 g/mol. The van der Waals surface area contributed by atoms with Crippen LogP contribution in [0.1, 0.15) is 44.7 Å². The second-order valence-corrected chi connectivity index (χ2v) is 9.03. The van der Waals surface area contributed by atoms with E-state index < -0.39 is 21.0 Å². The maximum atomic E-state index is 13.7. The summed E-state index contributed by atoms with van der Waals surface area (Å²) in [4.78, 5) is 50.4. The van der Waals surface area contributed by atoms with Gasteiger partial charge in [0.2, 0.25) is 0 Å². The summed E-state index contributed by atoms with van der Waals surface area (Å²) in [7, 11) is 0. The molecule has 2 heterocycles. The van der Waals surface area contributed by atoms with E-state index in [2.05, 4.69) is 5.32 Å². The maximum Gasteiger partial charge on any atom is 0.280 e. The number of rotatable bonds is 5. The maximum absolute atomic E-state index is 13.7. The van der Waals surface area contributed by atoms with Crippen LogP contribution >= 0.6 is 0 Å². The van der Waals surface area contributed by atoms with Crippen LogP contribution in [0.25, 0.3) is 0 Å². The lowest BCUT2D eigenvalue weighted by molar-refractivity contribution is -0.385. The summed E-state index contributed by atoms with van der Waals surface area (Å²) in [6, 6.07) is 16.4. The Morgan fingerprint density at radius 3 is 2.17 bits per heavy atom. The first-order chi connectivity index (χ1) is 17.3. The van der Waals surface area contributed by atoms with Crippen molar-refractivity contribution in [2.45, 2.75) is 18.3 Å². The molecular weight excluding hydrogens is 464 g/mol. The molecule has 0 aliphatic carbocycles. The molecule has 3 aromatic rings. The van der Waals surface area contributed by atoms with E-state index in [1.807, 2.05) is 0 Å². The number of hydrogen-bond donors (Lipinski definition) is 1. The van der Waals surface area contributed by atoms with E-state index in [4.69, 9.17) is 0 Å². The number of nitrogens with zero attached hydrogens (tertiary/aromatic N) is 3. The summed E-state index contributed by atoms with van der Waals surface area (Å²) < 4.78 is 0. The Hall–Kier alpha value is -4.44. The van der Waals surface area contributed by atoms with Crippen molar-refractivity contribution in [2.24, 2.45) is 0 Å². The van der Waals surface area contributed by atoms with Crippen molar-refractivity contribution in [1.29, 1.82) is 0 Å². The Kier molecular flexibility index (Phi) is 5.81. The molecule has 1 N–H and O–H groups in total. The van der Waals surface area contributed by atoms with Gasteiger partial charge in [-0.25, -0.2) is 0 Å².